The molecule has 2 amide bonds. The molecule has 0 spiro atoms. The van der Waals surface area contributed by atoms with Gasteiger partial charge in [0.05, 0.1) is 23.2 Å². The van der Waals surface area contributed by atoms with Crippen molar-refractivity contribution in [1.82, 2.24) is 15.5 Å². The summed E-state index contributed by atoms with van der Waals surface area (Å²) in [4.78, 5) is 53.0. The number of ether oxygens (including phenoxy) is 3. The largest absolute Gasteiger partial charge is 0.481 e. The molecule has 0 fully saturated rings. The van der Waals surface area contributed by atoms with Crippen LogP contribution in [0.3, 0.4) is 0 Å². The minimum Gasteiger partial charge on any atom is -0.481 e. The number of carboxylic acids is 1. The number of aliphatic carboxylic acids is 1. The molecule has 356 valence electrons. The molecule has 2 aromatic rings. The van der Waals surface area contributed by atoms with E-state index in [1.54, 1.807) is 68.4 Å². The molecule has 0 heterocycles. The van der Waals surface area contributed by atoms with E-state index < -0.39 is 18.2 Å². The number of carbonyl (C=O) groups excluding carboxylic acids is 3. The van der Waals surface area contributed by atoms with Crippen molar-refractivity contribution < 1.29 is 38.5 Å². The van der Waals surface area contributed by atoms with Crippen LogP contribution in [0.1, 0.15) is 113 Å². The third-order valence-electron chi connectivity index (χ3n) is 8.45. The monoisotopic (exact) mass is 959 g/mol. The average molecular weight is 961 g/mol. The van der Waals surface area contributed by atoms with Crippen LogP contribution >= 0.6 is 15.9 Å². The van der Waals surface area contributed by atoms with Crippen LogP contribution in [-0.4, -0.2) is 77.8 Å². The van der Waals surface area contributed by atoms with E-state index >= 15 is 0 Å². The summed E-state index contributed by atoms with van der Waals surface area (Å²) in [5.41, 5.74) is 19.2. The molecule has 0 saturated heterocycles. The van der Waals surface area contributed by atoms with E-state index in [4.69, 9.17) is 40.9 Å². The number of hydrogen-bond acceptors (Lipinski definition) is 12. The van der Waals surface area contributed by atoms with Crippen LogP contribution in [-0.2, 0) is 37.0 Å². The average Bonchev–Trinajstić information content (AvgIpc) is 3.25. The van der Waals surface area contributed by atoms with E-state index in [-0.39, 0.29) is 52.5 Å². The number of carbonyl (C=O) groups is 4. The Bertz CT molecular complexity index is 1750. The fourth-order valence-electron chi connectivity index (χ4n) is 5.17. The van der Waals surface area contributed by atoms with Crippen LogP contribution in [0.15, 0.2) is 58.8 Å². The van der Waals surface area contributed by atoms with Crippen LogP contribution in [0.2, 0.25) is 0 Å². The summed E-state index contributed by atoms with van der Waals surface area (Å²) < 4.78 is 14.9. The molecule has 0 radical (unpaired) electrons. The number of amides is 2. The minimum absolute atomic E-state index is 0. The zero-order chi connectivity index (χ0) is 47.1. The number of azide groups is 2. The van der Waals surface area contributed by atoms with Crippen molar-refractivity contribution in [3.63, 3.8) is 0 Å². The fourth-order valence-corrected chi connectivity index (χ4v) is 5.17. The lowest BCUT2D eigenvalue weighted by molar-refractivity contribution is -0.146. The molecular formula is C44H70BrN11O8. The SMILES string of the molecule is C.C.CCN(C(C)C)C(C)C.C[C@@H](CCCCNC(=O)OCc1ccc(N=[N+]=[N-])cc1)C(=O)O.C[C@@H](CCCCNC(=O)OCc1ccc(N=[N+]=[N-])cc1)C(=O)OCC#N.N#CCBr. The molecule has 0 saturated carbocycles. The van der Waals surface area contributed by atoms with Gasteiger partial charge in [0.15, 0.2) is 6.61 Å². The topological polar surface area (TPSA) is 289 Å². The van der Waals surface area contributed by atoms with Gasteiger partial charge in [-0.15, -0.1) is 0 Å². The molecule has 20 heteroatoms. The number of halogens is 1. The smallest absolute Gasteiger partial charge is 0.407 e. The first-order valence-corrected chi connectivity index (χ1v) is 21.3. The molecule has 0 aromatic heterocycles. The van der Waals surface area contributed by atoms with Crippen molar-refractivity contribution in [2.45, 2.75) is 127 Å². The van der Waals surface area contributed by atoms with Gasteiger partial charge in [-0.25, -0.2) is 9.59 Å². The van der Waals surface area contributed by atoms with Gasteiger partial charge in [-0.2, -0.15) is 10.5 Å². The molecule has 19 nitrogen and oxygen atoms in total. The van der Waals surface area contributed by atoms with Crippen molar-refractivity contribution in [1.29, 1.82) is 10.5 Å². The maximum Gasteiger partial charge on any atom is 0.407 e. The van der Waals surface area contributed by atoms with E-state index in [0.29, 0.717) is 67.6 Å². The number of rotatable bonds is 22. The Morgan fingerprint density at radius 2 is 1.11 bits per heavy atom. The van der Waals surface area contributed by atoms with E-state index in [1.807, 2.05) is 6.07 Å². The standard InChI is InChI=1S/C17H21N5O4.C15H20N4O4.C8H19N.C2H2BrN.2CH4/c1-13(16(23)25-11-9-18)4-2-3-10-20-17(24)26-12-14-5-7-15(8-6-14)21-22-19;1-11(14(20)21)4-2-3-9-17-15(22)23-10-12-5-7-13(8-6-12)18-19-16;1-6-9(7(2)3)8(4)5;3-1-2-4;;/h5-8,13H,2-4,10-12H2,1H3,(H,20,24);5-8,11H,2-4,9-10H2,1H3,(H,17,22)(H,20,21);7-8H,6H2,1-5H3;1H2;2*1H4/t13-;11-;;;;/m00..../s1. The molecule has 0 aliphatic heterocycles. The quantitative estimate of drug-likeness (QED) is 0.0190. The van der Waals surface area contributed by atoms with Crippen LogP contribution < -0.4 is 10.6 Å². The number of nitrogens with one attached hydrogen (secondary N) is 2. The summed E-state index contributed by atoms with van der Waals surface area (Å²) in [5.74, 6) is -1.83. The van der Waals surface area contributed by atoms with E-state index in [9.17, 15) is 19.2 Å². The van der Waals surface area contributed by atoms with E-state index in [1.165, 1.54) is 0 Å². The van der Waals surface area contributed by atoms with E-state index in [0.717, 1.165) is 30.5 Å². The first kappa shape index (κ1) is 64.6. The Hall–Kier alpha value is -6.04. The molecule has 0 bridgehead atoms. The number of carboxylic acid groups (broad SMARTS) is 1. The predicted molar refractivity (Wildman–Crippen MR) is 253 cm³/mol. The van der Waals surface area contributed by atoms with Gasteiger partial charge in [0.1, 0.15) is 19.3 Å². The summed E-state index contributed by atoms with van der Waals surface area (Å²) in [6.07, 6.45) is 3.04. The zero-order valence-electron chi connectivity index (χ0n) is 36.8. The van der Waals surface area contributed by atoms with E-state index in [2.05, 4.69) is 86.1 Å². The van der Waals surface area contributed by atoms with Gasteiger partial charge in [0.2, 0.25) is 0 Å². The third kappa shape index (κ3) is 35.5. The fraction of sp³-hybridized carbons (Fsp3) is 0.591. The number of unbranched alkanes of at least 4 members (excludes halogenated alkanes) is 2. The number of esters is 1. The summed E-state index contributed by atoms with van der Waals surface area (Å²) >= 11 is 2.89. The van der Waals surface area contributed by atoms with Crippen LogP contribution in [0.4, 0.5) is 21.0 Å². The second kappa shape index (κ2) is 42.3. The Kier molecular flexibility index (Phi) is 42.7. The predicted octanol–water partition coefficient (Wildman–Crippen LogP) is 11.8. The number of nitrogens with zero attached hydrogens (tertiary/aromatic N) is 9. The Balaban J connectivity index is -0.000000432. The maximum absolute atomic E-state index is 11.6. The lowest BCUT2D eigenvalue weighted by Gasteiger charge is -2.28. The second-order valence-electron chi connectivity index (χ2n) is 13.9. The van der Waals surface area contributed by atoms with Crippen molar-refractivity contribution in [2.75, 3.05) is 31.6 Å². The molecule has 3 N–H and O–H groups in total. The number of nitriles is 2. The highest BCUT2D eigenvalue weighted by Crippen LogP contribution is 2.15. The highest BCUT2D eigenvalue weighted by molar-refractivity contribution is 9.09. The van der Waals surface area contributed by atoms with Gasteiger partial charge >= 0.3 is 24.1 Å². The summed E-state index contributed by atoms with van der Waals surface area (Å²) in [6.45, 7) is 16.6. The molecule has 0 aliphatic rings. The number of benzene rings is 2. The van der Waals surface area contributed by atoms with Crippen LogP contribution in [0, 0.1) is 34.5 Å². The third-order valence-corrected chi connectivity index (χ3v) is 8.70. The van der Waals surface area contributed by atoms with Gasteiger partial charge in [-0.05, 0) is 82.1 Å². The van der Waals surface area contributed by atoms with Crippen LogP contribution in [0.25, 0.3) is 20.9 Å². The minimum atomic E-state index is -0.802. The lowest BCUT2D eigenvalue weighted by Crippen LogP contribution is -2.36. The number of alkyl halides is 1. The maximum atomic E-state index is 11.6. The Labute approximate surface area is 388 Å². The van der Waals surface area contributed by atoms with Gasteiger partial charge in [0, 0.05) is 46.4 Å². The molecule has 0 aliphatic carbocycles. The van der Waals surface area contributed by atoms with Crippen molar-refractivity contribution >= 4 is 51.4 Å². The second-order valence-corrected chi connectivity index (χ2v) is 14.5. The first-order chi connectivity index (χ1) is 29.6. The van der Waals surface area contributed by atoms with Gasteiger partial charge in [-0.1, -0.05) is 123 Å². The van der Waals surface area contributed by atoms with Gasteiger partial charge in [0.25, 0.3) is 0 Å². The highest BCUT2D eigenvalue weighted by Gasteiger charge is 2.14. The Morgan fingerprint density at radius 3 is 1.41 bits per heavy atom. The Morgan fingerprint density at radius 1 is 0.719 bits per heavy atom. The van der Waals surface area contributed by atoms with Gasteiger partial charge in [-0.3, -0.25) is 14.5 Å². The molecule has 2 atom stereocenters. The van der Waals surface area contributed by atoms with Gasteiger partial charge < -0.3 is 30.0 Å². The van der Waals surface area contributed by atoms with Crippen LogP contribution in [0.5, 0.6) is 0 Å². The molecule has 2 rings (SSSR count). The number of hydrogen-bond donors (Lipinski definition) is 3. The van der Waals surface area contributed by atoms with Crippen molar-refractivity contribution in [3.05, 3.63) is 80.5 Å². The molecule has 0 unspecified atom stereocenters. The summed E-state index contributed by atoms with van der Waals surface area (Å²) in [6, 6.07) is 18.4. The molecular weight excluding hydrogens is 890 g/mol. The first-order valence-electron chi connectivity index (χ1n) is 20.1. The molecule has 2 aromatic carbocycles. The molecule has 64 heavy (non-hydrogen) atoms. The lowest BCUT2D eigenvalue weighted by atomic mass is 10.0. The highest BCUT2D eigenvalue weighted by atomic mass is 79.9. The number of alkyl carbamates (subject to hydrolysis) is 2. The summed E-state index contributed by atoms with van der Waals surface area (Å²) in [5, 5.41) is 37.3. The summed E-state index contributed by atoms with van der Waals surface area (Å²) in [7, 11) is 0. The zero-order valence-corrected chi connectivity index (χ0v) is 38.4. The van der Waals surface area contributed by atoms with Crippen molar-refractivity contribution in [2.24, 2.45) is 22.1 Å². The normalized spacial score (nSPS) is 10.4. The van der Waals surface area contributed by atoms with Crippen molar-refractivity contribution in [3.8, 4) is 12.1 Å².